The first-order valence-electron chi connectivity index (χ1n) is 8.21. The summed E-state index contributed by atoms with van der Waals surface area (Å²) in [5.74, 6) is 0.412. The topological polar surface area (TPSA) is 46.3 Å². The largest absolute Gasteiger partial charge is 0.335 e. The minimum atomic E-state index is 0. The lowest BCUT2D eigenvalue weighted by Gasteiger charge is -2.35. The molecule has 1 aromatic carbocycles. The van der Waals surface area contributed by atoms with Gasteiger partial charge < -0.3 is 10.6 Å². The molecule has 1 aromatic rings. The number of rotatable bonds is 5. The average Bonchev–Trinajstić information content (AvgIpc) is 2.52. The smallest absolute Gasteiger partial charge is 0.226 e. The Bertz CT molecular complexity index is 452. The lowest BCUT2D eigenvalue weighted by atomic mass is 9.85. The van der Waals surface area contributed by atoms with E-state index in [1.807, 2.05) is 18.2 Å². The average molecular weight is 325 g/mol. The maximum absolute atomic E-state index is 12.9. The molecule has 0 saturated heterocycles. The van der Waals surface area contributed by atoms with Crippen molar-refractivity contribution in [1.29, 1.82) is 0 Å². The Morgan fingerprint density at radius 2 is 2.00 bits per heavy atom. The van der Waals surface area contributed by atoms with Gasteiger partial charge in [-0.3, -0.25) is 4.79 Å². The summed E-state index contributed by atoms with van der Waals surface area (Å²) in [6, 6.07) is 10.7. The van der Waals surface area contributed by atoms with E-state index in [9.17, 15) is 4.79 Å². The van der Waals surface area contributed by atoms with Crippen molar-refractivity contribution in [3.8, 4) is 0 Å². The second-order valence-corrected chi connectivity index (χ2v) is 6.33. The van der Waals surface area contributed by atoms with E-state index in [1.54, 1.807) is 0 Å². The molecule has 4 heteroatoms. The first kappa shape index (κ1) is 19.0. The third kappa shape index (κ3) is 4.99. The zero-order chi connectivity index (χ0) is 15.2. The van der Waals surface area contributed by atoms with Crippen molar-refractivity contribution < 1.29 is 4.79 Å². The molecule has 0 aliphatic heterocycles. The fourth-order valence-electron chi connectivity index (χ4n) is 3.14. The molecule has 124 valence electrons. The van der Waals surface area contributed by atoms with E-state index in [-0.39, 0.29) is 30.4 Å². The van der Waals surface area contributed by atoms with E-state index in [2.05, 4.69) is 30.9 Å². The number of carbonyl (C=O) groups is 1. The van der Waals surface area contributed by atoms with Gasteiger partial charge >= 0.3 is 0 Å². The quantitative estimate of drug-likeness (QED) is 0.896. The molecule has 3 unspecified atom stereocenters. The number of carbonyl (C=O) groups excluding carboxylic acids is 1. The van der Waals surface area contributed by atoms with Gasteiger partial charge in [0.15, 0.2) is 0 Å². The Labute approximate surface area is 140 Å². The van der Waals surface area contributed by atoms with Gasteiger partial charge in [-0.05, 0) is 38.2 Å². The van der Waals surface area contributed by atoms with Crippen LogP contribution in [0.15, 0.2) is 30.3 Å². The van der Waals surface area contributed by atoms with E-state index >= 15 is 0 Å². The monoisotopic (exact) mass is 324 g/mol. The number of benzene rings is 1. The molecule has 1 aliphatic rings. The number of amides is 1. The summed E-state index contributed by atoms with van der Waals surface area (Å²) in [6.07, 6.45) is 4.97. The van der Waals surface area contributed by atoms with Crippen LogP contribution >= 0.6 is 12.4 Å². The van der Waals surface area contributed by atoms with Crippen molar-refractivity contribution in [2.75, 3.05) is 0 Å². The molecule has 1 aliphatic carbocycles. The van der Waals surface area contributed by atoms with E-state index < -0.39 is 0 Å². The molecule has 0 heterocycles. The Balaban J connectivity index is 0.00000242. The van der Waals surface area contributed by atoms with Crippen molar-refractivity contribution in [1.82, 2.24) is 4.90 Å². The van der Waals surface area contributed by atoms with Crippen molar-refractivity contribution in [3.63, 3.8) is 0 Å². The SMILES string of the molecule is CCC(C)N(Cc1ccccc1)C(=O)C1CCCC(N)C1.Cl. The van der Waals surface area contributed by atoms with Crippen LogP contribution < -0.4 is 5.73 Å². The van der Waals surface area contributed by atoms with Crippen LogP contribution in [-0.4, -0.2) is 22.9 Å². The second-order valence-electron chi connectivity index (χ2n) is 6.33. The highest BCUT2D eigenvalue weighted by atomic mass is 35.5. The van der Waals surface area contributed by atoms with Gasteiger partial charge in [-0.25, -0.2) is 0 Å². The van der Waals surface area contributed by atoms with Gasteiger partial charge in [-0.15, -0.1) is 12.4 Å². The molecule has 0 radical (unpaired) electrons. The van der Waals surface area contributed by atoms with Crippen molar-refractivity contribution >= 4 is 18.3 Å². The van der Waals surface area contributed by atoms with Gasteiger partial charge in [0.25, 0.3) is 0 Å². The van der Waals surface area contributed by atoms with Gasteiger partial charge in [0.2, 0.25) is 5.91 Å². The molecule has 1 fully saturated rings. The molecule has 1 saturated carbocycles. The molecular weight excluding hydrogens is 296 g/mol. The van der Waals surface area contributed by atoms with Crippen LogP contribution in [-0.2, 0) is 11.3 Å². The minimum Gasteiger partial charge on any atom is -0.335 e. The summed E-state index contributed by atoms with van der Waals surface area (Å²) in [4.78, 5) is 15.0. The summed E-state index contributed by atoms with van der Waals surface area (Å²) < 4.78 is 0. The third-order valence-corrected chi connectivity index (χ3v) is 4.67. The second kappa shape index (κ2) is 9.16. The minimum absolute atomic E-state index is 0. The van der Waals surface area contributed by atoms with Crippen LogP contribution in [0.25, 0.3) is 0 Å². The Hall–Kier alpha value is -1.06. The summed E-state index contributed by atoms with van der Waals surface area (Å²) in [7, 11) is 0. The standard InChI is InChI=1S/C18H28N2O.ClH/c1-3-14(2)20(13-15-8-5-4-6-9-15)18(21)16-10-7-11-17(19)12-16;/h4-6,8-9,14,16-17H,3,7,10-13,19H2,1-2H3;1H. The number of nitrogens with zero attached hydrogens (tertiary/aromatic N) is 1. The molecule has 2 N–H and O–H groups in total. The highest BCUT2D eigenvalue weighted by molar-refractivity contribution is 5.85. The van der Waals surface area contributed by atoms with Gasteiger partial charge in [-0.2, -0.15) is 0 Å². The Kier molecular flexibility index (Phi) is 7.91. The number of halogens is 1. The summed E-state index contributed by atoms with van der Waals surface area (Å²) >= 11 is 0. The maximum atomic E-state index is 12.9. The van der Waals surface area contributed by atoms with Crippen LogP contribution in [0.4, 0.5) is 0 Å². The molecule has 22 heavy (non-hydrogen) atoms. The van der Waals surface area contributed by atoms with Crippen LogP contribution in [0.3, 0.4) is 0 Å². The van der Waals surface area contributed by atoms with Crippen LogP contribution in [0.5, 0.6) is 0 Å². The fourth-order valence-corrected chi connectivity index (χ4v) is 3.14. The summed E-state index contributed by atoms with van der Waals surface area (Å²) in [5.41, 5.74) is 7.25. The van der Waals surface area contributed by atoms with Crippen LogP contribution in [0, 0.1) is 5.92 Å². The van der Waals surface area contributed by atoms with Crippen molar-refractivity contribution in [2.45, 2.75) is 64.6 Å². The Morgan fingerprint density at radius 1 is 1.32 bits per heavy atom. The molecule has 0 spiro atoms. The number of hydrogen-bond donors (Lipinski definition) is 1. The van der Waals surface area contributed by atoms with E-state index in [0.717, 1.165) is 32.1 Å². The van der Waals surface area contributed by atoms with Gasteiger partial charge in [0, 0.05) is 24.5 Å². The summed E-state index contributed by atoms with van der Waals surface area (Å²) in [5, 5.41) is 0. The third-order valence-electron chi connectivity index (χ3n) is 4.67. The highest BCUT2D eigenvalue weighted by Gasteiger charge is 2.30. The van der Waals surface area contributed by atoms with Gasteiger partial charge in [0.1, 0.15) is 0 Å². The predicted molar refractivity (Wildman–Crippen MR) is 93.9 cm³/mol. The van der Waals surface area contributed by atoms with Crippen LogP contribution in [0.1, 0.15) is 51.5 Å². The molecule has 0 aromatic heterocycles. The molecule has 1 amide bonds. The van der Waals surface area contributed by atoms with Crippen molar-refractivity contribution in [3.05, 3.63) is 35.9 Å². The van der Waals surface area contributed by atoms with Gasteiger partial charge in [-0.1, -0.05) is 43.7 Å². The lowest BCUT2D eigenvalue weighted by Crippen LogP contribution is -2.44. The van der Waals surface area contributed by atoms with E-state index in [0.29, 0.717) is 12.5 Å². The fraction of sp³-hybridized carbons (Fsp3) is 0.611. The van der Waals surface area contributed by atoms with Crippen LogP contribution in [0.2, 0.25) is 0 Å². The normalized spacial score (nSPS) is 22.5. The zero-order valence-corrected chi connectivity index (χ0v) is 14.5. The molecule has 2 rings (SSSR count). The maximum Gasteiger partial charge on any atom is 0.226 e. The first-order valence-corrected chi connectivity index (χ1v) is 8.21. The molecule has 0 bridgehead atoms. The summed E-state index contributed by atoms with van der Waals surface area (Å²) in [6.45, 7) is 4.99. The van der Waals surface area contributed by atoms with Gasteiger partial charge in [0.05, 0.1) is 0 Å². The predicted octanol–water partition coefficient (Wildman–Crippen LogP) is 3.75. The number of hydrogen-bond acceptors (Lipinski definition) is 2. The molecule has 3 nitrogen and oxygen atoms in total. The van der Waals surface area contributed by atoms with E-state index in [1.165, 1.54) is 5.56 Å². The number of nitrogens with two attached hydrogens (primary N) is 1. The lowest BCUT2D eigenvalue weighted by molar-refractivity contribution is -0.139. The Morgan fingerprint density at radius 3 is 2.59 bits per heavy atom. The molecule has 3 atom stereocenters. The first-order chi connectivity index (χ1) is 10.1. The highest BCUT2D eigenvalue weighted by Crippen LogP contribution is 2.26. The zero-order valence-electron chi connectivity index (χ0n) is 13.7. The molecular formula is C18H29ClN2O. The van der Waals surface area contributed by atoms with E-state index in [4.69, 9.17) is 5.73 Å². The van der Waals surface area contributed by atoms with Crippen molar-refractivity contribution in [2.24, 2.45) is 11.7 Å².